The molecule has 0 aliphatic heterocycles. The van der Waals surface area contributed by atoms with Crippen LogP contribution in [0.25, 0.3) is 0 Å². The fourth-order valence-electron chi connectivity index (χ4n) is 0.459. The predicted molar refractivity (Wildman–Crippen MR) is 34.4 cm³/mol. The Morgan fingerprint density at radius 2 is 2.29 bits per heavy atom. The quantitative estimate of drug-likeness (QED) is 0.443. The van der Waals surface area contributed by atoms with Crippen molar-refractivity contribution in [3.8, 4) is 0 Å². The topological polar surface area (TPSA) is 9.23 Å². The average molecular weight is 120 g/mol. The predicted octanol–water partition coefficient (Wildman–Crippen LogP) is 2.04. The molecular weight excluding hydrogens is 108 g/mol. The normalized spacial score (nSPS) is 14.1. The summed E-state index contributed by atoms with van der Waals surface area (Å²) in [5, 5.41) is 0. The van der Waals surface area contributed by atoms with E-state index in [1.165, 1.54) is 6.42 Å². The molecule has 1 unspecified atom stereocenters. The minimum absolute atomic E-state index is 0.313. The van der Waals surface area contributed by atoms with Crippen molar-refractivity contribution in [3.63, 3.8) is 0 Å². The largest absolute Gasteiger partial charge is 0.316 e. The zero-order valence-electron chi connectivity index (χ0n) is 4.85. The molecule has 0 rings (SSSR count). The molecule has 0 amide bonds. The molecule has 0 saturated heterocycles. The number of thiol groups is 1. The molecule has 7 heavy (non-hydrogen) atoms. The van der Waals surface area contributed by atoms with E-state index in [0.29, 0.717) is 6.10 Å². The third-order valence-electron chi connectivity index (χ3n) is 0.875. The Morgan fingerprint density at radius 1 is 1.71 bits per heavy atom. The summed E-state index contributed by atoms with van der Waals surface area (Å²) in [5.74, 6) is 0. The highest BCUT2D eigenvalue weighted by atomic mass is 32.1. The molecule has 1 nitrogen and oxygen atoms in total. The zero-order chi connectivity index (χ0) is 5.70. The maximum Gasteiger partial charge on any atom is 0.0690 e. The van der Waals surface area contributed by atoms with Crippen LogP contribution in [-0.2, 0) is 4.18 Å². The van der Waals surface area contributed by atoms with Gasteiger partial charge in [-0.1, -0.05) is 13.3 Å². The molecule has 0 saturated carbocycles. The van der Waals surface area contributed by atoms with Crippen molar-refractivity contribution >= 4 is 12.9 Å². The maximum atomic E-state index is 4.69. The van der Waals surface area contributed by atoms with Gasteiger partial charge in [-0.25, -0.2) is 0 Å². The molecule has 0 aliphatic carbocycles. The van der Waals surface area contributed by atoms with E-state index in [1.54, 1.807) is 0 Å². The molecule has 1 atom stereocenters. The average Bonchev–Trinajstić information content (AvgIpc) is 1.68. The molecular formula is C5H12OS. The minimum Gasteiger partial charge on any atom is -0.316 e. The van der Waals surface area contributed by atoms with Crippen LogP contribution in [0.1, 0.15) is 26.7 Å². The van der Waals surface area contributed by atoms with Crippen molar-refractivity contribution in [2.75, 3.05) is 0 Å². The molecule has 0 heterocycles. The van der Waals surface area contributed by atoms with Gasteiger partial charge in [0, 0.05) is 0 Å². The smallest absolute Gasteiger partial charge is 0.0690 e. The summed E-state index contributed by atoms with van der Waals surface area (Å²) in [6.07, 6.45) is 2.58. The van der Waals surface area contributed by atoms with Gasteiger partial charge in [0.15, 0.2) is 0 Å². The number of hydrogen-bond acceptors (Lipinski definition) is 2. The number of rotatable bonds is 3. The minimum atomic E-state index is 0.313. The summed E-state index contributed by atoms with van der Waals surface area (Å²) in [4.78, 5) is 0. The van der Waals surface area contributed by atoms with E-state index in [2.05, 4.69) is 24.0 Å². The first-order valence-corrected chi connectivity index (χ1v) is 2.98. The highest BCUT2D eigenvalue weighted by molar-refractivity contribution is 7.75. The van der Waals surface area contributed by atoms with E-state index in [9.17, 15) is 0 Å². The van der Waals surface area contributed by atoms with Crippen molar-refractivity contribution in [1.82, 2.24) is 0 Å². The Kier molecular flexibility index (Phi) is 4.67. The molecule has 44 valence electrons. The lowest BCUT2D eigenvalue weighted by atomic mass is 10.2. The first kappa shape index (κ1) is 7.31. The van der Waals surface area contributed by atoms with E-state index in [1.807, 2.05) is 6.92 Å². The molecule has 0 bridgehead atoms. The van der Waals surface area contributed by atoms with Crippen molar-refractivity contribution in [3.05, 3.63) is 0 Å². The summed E-state index contributed by atoms with van der Waals surface area (Å²) in [5.41, 5.74) is 0. The lowest BCUT2D eigenvalue weighted by Gasteiger charge is -2.02. The van der Waals surface area contributed by atoms with E-state index in [-0.39, 0.29) is 0 Å². The van der Waals surface area contributed by atoms with Gasteiger partial charge in [-0.3, -0.25) is 0 Å². The summed E-state index contributed by atoms with van der Waals surface area (Å²) < 4.78 is 4.69. The summed E-state index contributed by atoms with van der Waals surface area (Å²) in [7, 11) is 0. The van der Waals surface area contributed by atoms with Crippen LogP contribution in [0.15, 0.2) is 0 Å². The number of hydrogen-bond donors (Lipinski definition) is 1. The molecule has 0 aliphatic rings. The molecule has 0 N–H and O–H groups in total. The van der Waals surface area contributed by atoms with E-state index in [0.717, 1.165) is 6.42 Å². The second-order valence-corrected chi connectivity index (χ2v) is 1.92. The molecule has 0 aromatic heterocycles. The Labute approximate surface area is 50.7 Å². The van der Waals surface area contributed by atoms with Crippen molar-refractivity contribution < 1.29 is 4.18 Å². The second kappa shape index (κ2) is 4.47. The molecule has 0 aromatic rings. The van der Waals surface area contributed by atoms with Gasteiger partial charge in [-0.05, 0) is 26.3 Å². The third-order valence-corrected chi connectivity index (χ3v) is 1.24. The van der Waals surface area contributed by atoms with E-state index in [4.69, 9.17) is 0 Å². The van der Waals surface area contributed by atoms with Gasteiger partial charge in [0.05, 0.1) is 6.10 Å². The van der Waals surface area contributed by atoms with Crippen molar-refractivity contribution in [1.29, 1.82) is 0 Å². The monoisotopic (exact) mass is 120 g/mol. The lowest BCUT2D eigenvalue weighted by molar-refractivity contribution is 0.256. The first-order valence-electron chi connectivity index (χ1n) is 2.61. The highest BCUT2D eigenvalue weighted by Crippen LogP contribution is 2.00. The van der Waals surface area contributed by atoms with Gasteiger partial charge >= 0.3 is 0 Å². The standard InChI is InChI=1S/C5H12OS/c1-3-4-5(2)6-7/h5,7H,3-4H2,1-2H3. The van der Waals surface area contributed by atoms with Crippen LogP contribution in [0.3, 0.4) is 0 Å². The third kappa shape index (κ3) is 4.16. The Hall–Kier alpha value is 0.310. The Morgan fingerprint density at radius 3 is 2.43 bits per heavy atom. The second-order valence-electron chi connectivity index (χ2n) is 1.70. The highest BCUT2D eigenvalue weighted by Gasteiger charge is 1.93. The van der Waals surface area contributed by atoms with Crippen LogP contribution in [0.2, 0.25) is 0 Å². The van der Waals surface area contributed by atoms with Crippen LogP contribution in [0.5, 0.6) is 0 Å². The van der Waals surface area contributed by atoms with Gasteiger partial charge in [0.1, 0.15) is 0 Å². The lowest BCUT2D eigenvalue weighted by Crippen LogP contribution is -1.98. The molecule has 0 spiro atoms. The SMILES string of the molecule is CCCC(C)OS. The zero-order valence-corrected chi connectivity index (χ0v) is 5.74. The van der Waals surface area contributed by atoms with Crippen LogP contribution in [-0.4, -0.2) is 6.10 Å². The maximum absolute atomic E-state index is 4.69. The van der Waals surface area contributed by atoms with Gasteiger partial charge in [0.2, 0.25) is 0 Å². The molecule has 0 aromatic carbocycles. The summed E-state index contributed by atoms with van der Waals surface area (Å²) >= 11 is 3.65. The van der Waals surface area contributed by atoms with Crippen LogP contribution in [0.4, 0.5) is 0 Å². The van der Waals surface area contributed by atoms with Crippen LogP contribution >= 0.6 is 12.9 Å². The van der Waals surface area contributed by atoms with Gasteiger partial charge in [-0.15, -0.1) is 0 Å². The fourth-order valence-corrected chi connectivity index (χ4v) is 0.565. The van der Waals surface area contributed by atoms with Crippen LogP contribution in [0, 0.1) is 0 Å². The Bertz CT molecular complexity index is 39.1. The Balaban J connectivity index is 2.83. The van der Waals surface area contributed by atoms with Crippen molar-refractivity contribution in [2.24, 2.45) is 0 Å². The fraction of sp³-hybridized carbons (Fsp3) is 1.00. The van der Waals surface area contributed by atoms with Crippen molar-refractivity contribution in [2.45, 2.75) is 32.8 Å². The summed E-state index contributed by atoms with van der Waals surface area (Å²) in [6, 6.07) is 0. The van der Waals surface area contributed by atoms with Crippen LogP contribution < -0.4 is 0 Å². The molecule has 0 fully saturated rings. The molecule has 0 radical (unpaired) electrons. The van der Waals surface area contributed by atoms with Gasteiger partial charge in [0.25, 0.3) is 0 Å². The van der Waals surface area contributed by atoms with Gasteiger partial charge in [-0.2, -0.15) is 0 Å². The first-order chi connectivity index (χ1) is 3.31. The van der Waals surface area contributed by atoms with E-state index >= 15 is 0 Å². The van der Waals surface area contributed by atoms with E-state index < -0.39 is 0 Å². The van der Waals surface area contributed by atoms with Gasteiger partial charge < -0.3 is 4.18 Å². The molecule has 2 heteroatoms. The summed E-state index contributed by atoms with van der Waals surface area (Å²) in [6.45, 7) is 4.14.